The summed E-state index contributed by atoms with van der Waals surface area (Å²) in [5, 5.41) is 9.54. The quantitative estimate of drug-likeness (QED) is 0.486. The van der Waals surface area contributed by atoms with Crippen molar-refractivity contribution in [3.05, 3.63) is 29.8 Å². The lowest BCUT2D eigenvalue weighted by Crippen LogP contribution is -2.02. The Morgan fingerprint density at radius 1 is 1.56 bits per heavy atom. The topological polar surface area (TPSA) is 49.7 Å². The standard InChI is InChI=1S/C12H12ClNO2/c1-3-8-9(10(15)6-7-13)4-5-11(16)12(8)14-2/h3-5,16H,1-2,6-7H2. The molecule has 0 aliphatic carbocycles. The molecule has 0 amide bonds. The number of benzene rings is 1. The molecule has 0 bridgehead atoms. The Morgan fingerprint density at radius 2 is 2.25 bits per heavy atom. The first-order chi connectivity index (χ1) is 7.65. The van der Waals surface area contributed by atoms with Crippen LogP contribution in [0.15, 0.2) is 23.7 Å². The first-order valence-electron chi connectivity index (χ1n) is 4.70. The van der Waals surface area contributed by atoms with E-state index >= 15 is 0 Å². The Balaban J connectivity index is 3.35. The second-order valence-electron chi connectivity index (χ2n) is 3.12. The van der Waals surface area contributed by atoms with Crippen LogP contribution in [0.2, 0.25) is 0 Å². The largest absolute Gasteiger partial charge is 0.506 e. The highest BCUT2D eigenvalue weighted by atomic mass is 35.5. The number of rotatable bonds is 5. The van der Waals surface area contributed by atoms with Gasteiger partial charge in [0.05, 0.1) is 0 Å². The molecule has 1 aromatic carbocycles. The van der Waals surface area contributed by atoms with Crippen molar-refractivity contribution in [2.45, 2.75) is 6.42 Å². The summed E-state index contributed by atoms with van der Waals surface area (Å²) in [7, 11) is 0. The average Bonchev–Trinajstić information content (AvgIpc) is 2.28. The van der Waals surface area contributed by atoms with Crippen LogP contribution in [0, 0.1) is 0 Å². The van der Waals surface area contributed by atoms with E-state index in [0.29, 0.717) is 11.1 Å². The summed E-state index contributed by atoms with van der Waals surface area (Å²) in [5.74, 6) is 0.134. The Kier molecular flexibility index (Phi) is 4.26. The summed E-state index contributed by atoms with van der Waals surface area (Å²) in [5.41, 5.74) is 1.22. The first kappa shape index (κ1) is 12.5. The third-order valence-corrected chi connectivity index (χ3v) is 2.37. The zero-order chi connectivity index (χ0) is 12.1. The molecule has 0 aromatic heterocycles. The molecule has 0 aliphatic rings. The third-order valence-electron chi connectivity index (χ3n) is 2.18. The van der Waals surface area contributed by atoms with Crippen LogP contribution in [0.3, 0.4) is 0 Å². The number of aliphatic imine (C=N–C) groups is 1. The highest BCUT2D eigenvalue weighted by molar-refractivity contribution is 6.19. The van der Waals surface area contributed by atoms with Crippen LogP contribution in [-0.4, -0.2) is 23.5 Å². The van der Waals surface area contributed by atoms with E-state index in [1.54, 1.807) is 0 Å². The lowest BCUT2D eigenvalue weighted by atomic mass is 9.99. The minimum atomic E-state index is -0.102. The Bertz CT molecular complexity index is 441. The third kappa shape index (κ3) is 2.31. The number of Topliss-reactive ketones (excluding diaryl/α,β-unsaturated/α-hetero) is 1. The number of hydrogen-bond donors (Lipinski definition) is 1. The molecule has 4 heteroatoms. The molecule has 3 nitrogen and oxygen atoms in total. The maximum Gasteiger partial charge on any atom is 0.164 e. The molecule has 0 aliphatic heterocycles. The summed E-state index contributed by atoms with van der Waals surface area (Å²) < 4.78 is 0. The van der Waals surface area contributed by atoms with Gasteiger partial charge in [0.2, 0.25) is 0 Å². The summed E-state index contributed by atoms with van der Waals surface area (Å²) in [6.45, 7) is 6.95. The SMILES string of the molecule is C=Cc1c(C(=O)CCCl)ccc(O)c1N=C. The predicted octanol–water partition coefficient (Wildman–Crippen LogP) is 3.18. The molecule has 0 atom stereocenters. The summed E-state index contributed by atoms with van der Waals surface area (Å²) in [6, 6.07) is 2.95. The average molecular weight is 238 g/mol. The molecule has 1 N–H and O–H groups in total. The van der Waals surface area contributed by atoms with Gasteiger partial charge in [-0.05, 0) is 18.9 Å². The van der Waals surface area contributed by atoms with Crippen molar-refractivity contribution in [1.29, 1.82) is 0 Å². The smallest absolute Gasteiger partial charge is 0.164 e. The summed E-state index contributed by atoms with van der Waals surface area (Å²) >= 11 is 5.51. The van der Waals surface area contributed by atoms with Crippen LogP contribution in [0.1, 0.15) is 22.3 Å². The van der Waals surface area contributed by atoms with Crippen molar-refractivity contribution in [1.82, 2.24) is 0 Å². The fraction of sp³-hybridized carbons (Fsp3) is 0.167. The minimum Gasteiger partial charge on any atom is -0.506 e. The molecular formula is C12H12ClNO2. The summed E-state index contributed by atoms with van der Waals surface area (Å²) in [4.78, 5) is 15.4. The van der Waals surface area contributed by atoms with Crippen LogP contribution in [-0.2, 0) is 0 Å². The van der Waals surface area contributed by atoms with E-state index < -0.39 is 0 Å². The number of carbonyl (C=O) groups excluding carboxylic acids is 1. The van der Waals surface area contributed by atoms with Crippen molar-refractivity contribution in [3.63, 3.8) is 0 Å². The van der Waals surface area contributed by atoms with Crippen molar-refractivity contribution < 1.29 is 9.90 Å². The van der Waals surface area contributed by atoms with Gasteiger partial charge in [-0.25, -0.2) is 0 Å². The normalized spacial score (nSPS) is 9.81. The number of phenols is 1. The predicted molar refractivity (Wildman–Crippen MR) is 67.1 cm³/mol. The van der Waals surface area contributed by atoms with E-state index in [0.717, 1.165) is 0 Å². The van der Waals surface area contributed by atoms with Gasteiger partial charge >= 0.3 is 0 Å². The first-order valence-corrected chi connectivity index (χ1v) is 5.23. The maximum absolute atomic E-state index is 11.7. The Hall–Kier alpha value is -1.61. The summed E-state index contributed by atoms with van der Waals surface area (Å²) in [6.07, 6.45) is 1.72. The Labute approximate surface area is 99.1 Å². The fourth-order valence-corrected chi connectivity index (χ4v) is 1.60. The van der Waals surface area contributed by atoms with Crippen molar-refractivity contribution >= 4 is 35.9 Å². The van der Waals surface area contributed by atoms with E-state index in [1.165, 1.54) is 18.2 Å². The molecule has 0 fully saturated rings. The highest BCUT2D eigenvalue weighted by Gasteiger charge is 2.14. The molecule has 0 heterocycles. The minimum absolute atomic E-state index is 0.0210. The lowest BCUT2D eigenvalue weighted by molar-refractivity contribution is 0.0989. The van der Waals surface area contributed by atoms with E-state index in [1.807, 2.05) is 0 Å². The van der Waals surface area contributed by atoms with Crippen molar-refractivity contribution in [3.8, 4) is 5.75 Å². The number of ketones is 1. The maximum atomic E-state index is 11.7. The molecule has 0 saturated heterocycles. The van der Waals surface area contributed by atoms with E-state index in [-0.39, 0.29) is 29.5 Å². The van der Waals surface area contributed by atoms with E-state index in [9.17, 15) is 9.90 Å². The molecule has 1 rings (SSSR count). The second kappa shape index (κ2) is 5.47. The molecule has 0 unspecified atom stereocenters. The zero-order valence-electron chi connectivity index (χ0n) is 8.74. The number of hydrogen-bond acceptors (Lipinski definition) is 3. The van der Waals surface area contributed by atoms with Gasteiger partial charge in [0.1, 0.15) is 11.4 Å². The van der Waals surface area contributed by atoms with Gasteiger partial charge in [0.15, 0.2) is 5.78 Å². The number of phenolic OH excluding ortho intramolecular Hbond substituents is 1. The molecule has 1 aromatic rings. The fourth-order valence-electron chi connectivity index (χ4n) is 1.43. The van der Waals surface area contributed by atoms with Gasteiger partial charge in [-0.15, -0.1) is 11.6 Å². The highest BCUT2D eigenvalue weighted by Crippen LogP contribution is 2.33. The van der Waals surface area contributed by atoms with Crippen molar-refractivity contribution in [2.24, 2.45) is 4.99 Å². The van der Waals surface area contributed by atoms with Crippen LogP contribution in [0.5, 0.6) is 5.75 Å². The lowest BCUT2D eigenvalue weighted by Gasteiger charge is -2.08. The molecular weight excluding hydrogens is 226 g/mol. The van der Waals surface area contributed by atoms with Crippen LogP contribution in [0.25, 0.3) is 6.08 Å². The van der Waals surface area contributed by atoms with Gasteiger partial charge in [-0.2, -0.15) is 0 Å². The monoisotopic (exact) mass is 237 g/mol. The molecule has 84 valence electrons. The van der Waals surface area contributed by atoms with Crippen molar-refractivity contribution in [2.75, 3.05) is 5.88 Å². The molecule has 0 saturated carbocycles. The van der Waals surface area contributed by atoms with Gasteiger partial charge in [0.25, 0.3) is 0 Å². The number of alkyl halides is 1. The molecule has 0 spiro atoms. The van der Waals surface area contributed by atoms with Gasteiger partial charge in [-0.1, -0.05) is 12.7 Å². The van der Waals surface area contributed by atoms with Gasteiger partial charge < -0.3 is 5.11 Å². The molecule has 0 radical (unpaired) electrons. The second-order valence-corrected chi connectivity index (χ2v) is 3.50. The van der Waals surface area contributed by atoms with E-state index in [2.05, 4.69) is 18.3 Å². The van der Waals surface area contributed by atoms with Gasteiger partial charge in [0, 0.05) is 23.4 Å². The van der Waals surface area contributed by atoms with Crippen LogP contribution >= 0.6 is 11.6 Å². The molecule has 16 heavy (non-hydrogen) atoms. The number of carbonyl (C=O) groups is 1. The zero-order valence-corrected chi connectivity index (χ0v) is 9.50. The van der Waals surface area contributed by atoms with Crippen LogP contribution in [0.4, 0.5) is 5.69 Å². The number of halogens is 1. The van der Waals surface area contributed by atoms with E-state index in [4.69, 9.17) is 11.6 Å². The Morgan fingerprint density at radius 3 is 2.75 bits per heavy atom. The number of nitrogens with zero attached hydrogens (tertiary/aromatic N) is 1. The number of aromatic hydroxyl groups is 1. The van der Waals surface area contributed by atoms with Gasteiger partial charge in [-0.3, -0.25) is 9.79 Å². The van der Waals surface area contributed by atoms with Crippen LogP contribution < -0.4 is 0 Å².